The number of nitrogens with zero attached hydrogens (tertiary/aromatic N) is 3. The first-order valence-corrected chi connectivity index (χ1v) is 8.08. The van der Waals surface area contributed by atoms with Gasteiger partial charge >= 0.3 is 0 Å². The van der Waals surface area contributed by atoms with Gasteiger partial charge in [-0.1, -0.05) is 25.4 Å². The van der Waals surface area contributed by atoms with Gasteiger partial charge in [-0.25, -0.2) is 4.98 Å². The number of amides is 1. The average Bonchev–Trinajstić information content (AvgIpc) is 2.92. The van der Waals surface area contributed by atoms with Crippen LogP contribution < -0.4 is 0 Å². The number of hydrogen-bond donors (Lipinski definition) is 0. The Morgan fingerprint density at radius 1 is 1.48 bits per heavy atom. The average molecular weight is 310 g/mol. The number of halogens is 1. The molecule has 1 unspecified atom stereocenters. The molecule has 2 rings (SSSR count). The summed E-state index contributed by atoms with van der Waals surface area (Å²) in [5.41, 5.74) is 1.49. The molecule has 0 radical (unpaired) electrons. The number of likely N-dealkylation sites (tertiary alicyclic amines) is 1. The Labute approximate surface area is 132 Å². The van der Waals surface area contributed by atoms with Crippen molar-refractivity contribution in [2.24, 2.45) is 0 Å². The van der Waals surface area contributed by atoms with Gasteiger partial charge in [-0.2, -0.15) is 0 Å². The molecule has 1 saturated heterocycles. The van der Waals surface area contributed by atoms with Crippen LogP contribution in [0.15, 0.2) is 12.1 Å². The molecule has 0 bridgehead atoms. The molecule has 1 aromatic rings. The highest BCUT2D eigenvalue weighted by molar-refractivity contribution is 6.29. The third-order valence-corrected chi connectivity index (χ3v) is 4.39. The van der Waals surface area contributed by atoms with Crippen molar-refractivity contribution in [1.82, 2.24) is 14.8 Å². The maximum absolute atomic E-state index is 12.6. The third kappa shape index (κ3) is 3.95. The molecule has 21 heavy (non-hydrogen) atoms. The summed E-state index contributed by atoms with van der Waals surface area (Å²) >= 11 is 6.00. The zero-order valence-electron chi connectivity index (χ0n) is 13.1. The van der Waals surface area contributed by atoms with Gasteiger partial charge in [0.05, 0.1) is 0 Å². The first-order chi connectivity index (χ1) is 10.0. The smallest absolute Gasteiger partial charge is 0.253 e. The fourth-order valence-corrected chi connectivity index (χ4v) is 3.22. The van der Waals surface area contributed by atoms with E-state index in [0.717, 1.165) is 31.7 Å². The van der Waals surface area contributed by atoms with Crippen LogP contribution in [-0.4, -0.2) is 53.4 Å². The van der Waals surface area contributed by atoms with E-state index in [0.29, 0.717) is 16.8 Å². The molecule has 1 aromatic heterocycles. The van der Waals surface area contributed by atoms with Crippen molar-refractivity contribution < 1.29 is 4.79 Å². The molecule has 0 saturated carbocycles. The Morgan fingerprint density at radius 3 is 2.90 bits per heavy atom. The molecule has 116 valence electrons. The summed E-state index contributed by atoms with van der Waals surface area (Å²) in [5, 5.41) is 0.391. The second kappa shape index (κ2) is 7.23. The van der Waals surface area contributed by atoms with E-state index in [9.17, 15) is 4.79 Å². The van der Waals surface area contributed by atoms with Gasteiger partial charge in [0, 0.05) is 30.9 Å². The molecule has 1 aliphatic rings. The highest BCUT2D eigenvalue weighted by atomic mass is 35.5. The molecular formula is C16H24ClN3O. The fraction of sp³-hybridized carbons (Fsp3) is 0.625. The highest BCUT2D eigenvalue weighted by Crippen LogP contribution is 2.19. The molecule has 2 heterocycles. The molecule has 0 aliphatic carbocycles. The van der Waals surface area contributed by atoms with Crippen LogP contribution in [0, 0.1) is 0 Å². The van der Waals surface area contributed by atoms with Gasteiger partial charge in [0.15, 0.2) is 0 Å². The van der Waals surface area contributed by atoms with Crippen LogP contribution in [0.5, 0.6) is 0 Å². The van der Waals surface area contributed by atoms with Gasteiger partial charge in [-0.05, 0) is 44.5 Å². The molecular weight excluding hydrogens is 286 g/mol. The Balaban J connectivity index is 2.07. The maximum atomic E-state index is 12.6. The number of carbonyl (C=O) groups is 1. The predicted molar refractivity (Wildman–Crippen MR) is 85.9 cm³/mol. The van der Waals surface area contributed by atoms with Crippen molar-refractivity contribution >= 4 is 17.5 Å². The number of aromatic nitrogens is 1. The lowest BCUT2D eigenvalue weighted by atomic mass is 10.1. The van der Waals surface area contributed by atoms with E-state index >= 15 is 0 Å². The van der Waals surface area contributed by atoms with Gasteiger partial charge in [0.25, 0.3) is 5.91 Å². The van der Waals surface area contributed by atoms with E-state index in [1.165, 1.54) is 12.8 Å². The Hall–Kier alpha value is -1.13. The number of aryl methyl sites for hydroxylation is 1. The topological polar surface area (TPSA) is 36.4 Å². The van der Waals surface area contributed by atoms with Gasteiger partial charge < -0.3 is 4.90 Å². The van der Waals surface area contributed by atoms with Gasteiger partial charge in [0.1, 0.15) is 5.15 Å². The minimum absolute atomic E-state index is 0.0250. The molecule has 1 amide bonds. The minimum atomic E-state index is 0.0250. The quantitative estimate of drug-likeness (QED) is 0.785. The lowest BCUT2D eigenvalue weighted by Gasteiger charge is -2.27. The summed E-state index contributed by atoms with van der Waals surface area (Å²) in [6, 6.07) is 3.98. The number of rotatable bonds is 5. The molecule has 1 fully saturated rings. The van der Waals surface area contributed by atoms with Crippen molar-refractivity contribution in [3.8, 4) is 0 Å². The zero-order chi connectivity index (χ0) is 15.4. The second-order valence-corrected chi connectivity index (χ2v) is 6.02. The van der Waals surface area contributed by atoms with E-state index in [1.54, 1.807) is 6.07 Å². The van der Waals surface area contributed by atoms with Crippen molar-refractivity contribution in [3.63, 3.8) is 0 Å². The minimum Gasteiger partial charge on any atom is -0.340 e. The number of carbonyl (C=O) groups excluding carboxylic acids is 1. The Kier molecular flexibility index (Phi) is 5.59. The van der Waals surface area contributed by atoms with Crippen LogP contribution in [-0.2, 0) is 6.42 Å². The van der Waals surface area contributed by atoms with Crippen LogP contribution in [0.1, 0.15) is 42.7 Å². The zero-order valence-corrected chi connectivity index (χ0v) is 13.9. The summed E-state index contributed by atoms with van der Waals surface area (Å²) in [4.78, 5) is 21.0. The monoisotopic (exact) mass is 309 g/mol. The lowest BCUT2D eigenvalue weighted by Crippen LogP contribution is -2.41. The maximum Gasteiger partial charge on any atom is 0.253 e. The van der Waals surface area contributed by atoms with Crippen molar-refractivity contribution in [1.29, 1.82) is 0 Å². The molecule has 4 nitrogen and oxygen atoms in total. The lowest BCUT2D eigenvalue weighted by molar-refractivity contribution is 0.0754. The van der Waals surface area contributed by atoms with E-state index in [4.69, 9.17) is 11.6 Å². The van der Waals surface area contributed by atoms with E-state index in [1.807, 2.05) is 24.9 Å². The number of hydrogen-bond acceptors (Lipinski definition) is 3. The van der Waals surface area contributed by atoms with Crippen LogP contribution in [0.4, 0.5) is 0 Å². The SMILES string of the molecule is CCc1cc(C(=O)N(C)CC2CCCN2CC)cc(Cl)n1. The highest BCUT2D eigenvalue weighted by Gasteiger charge is 2.26. The van der Waals surface area contributed by atoms with E-state index < -0.39 is 0 Å². The molecule has 1 aliphatic heterocycles. The molecule has 0 spiro atoms. The summed E-state index contributed by atoms with van der Waals surface area (Å²) < 4.78 is 0. The number of likely N-dealkylation sites (N-methyl/N-ethyl adjacent to an activating group) is 2. The van der Waals surface area contributed by atoms with Gasteiger partial charge in [0.2, 0.25) is 0 Å². The Morgan fingerprint density at radius 2 is 2.24 bits per heavy atom. The standard InChI is InChI=1S/C16H24ClN3O/c1-4-13-9-12(10-15(17)18-13)16(21)19(3)11-14-7-6-8-20(14)5-2/h9-10,14H,4-8,11H2,1-3H3. The van der Waals surface area contributed by atoms with Crippen LogP contribution in [0.3, 0.4) is 0 Å². The van der Waals surface area contributed by atoms with Gasteiger partial charge in [-0.3, -0.25) is 9.69 Å². The summed E-state index contributed by atoms with van der Waals surface area (Å²) in [7, 11) is 1.87. The predicted octanol–water partition coefficient (Wildman–Crippen LogP) is 2.85. The molecule has 0 N–H and O–H groups in total. The van der Waals surface area contributed by atoms with E-state index in [-0.39, 0.29) is 5.91 Å². The van der Waals surface area contributed by atoms with Crippen molar-refractivity contribution in [2.75, 3.05) is 26.7 Å². The summed E-state index contributed by atoms with van der Waals surface area (Å²) in [6.07, 6.45) is 3.17. The van der Waals surface area contributed by atoms with E-state index in [2.05, 4.69) is 16.8 Å². The van der Waals surface area contributed by atoms with Gasteiger partial charge in [-0.15, -0.1) is 0 Å². The van der Waals surface area contributed by atoms with Crippen LogP contribution in [0.25, 0.3) is 0 Å². The molecule has 0 aromatic carbocycles. The largest absolute Gasteiger partial charge is 0.340 e. The summed E-state index contributed by atoms with van der Waals surface area (Å²) in [5.74, 6) is 0.0250. The first-order valence-electron chi connectivity index (χ1n) is 7.71. The van der Waals surface area contributed by atoms with Crippen molar-refractivity contribution in [3.05, 3.63) is 28.5 Å². The summed E-state index contributed by atoms with van der Waals surface area (Å²) in [6.45, 7) is 7.15. The molecule has 1 atom stereocenters. The third-order valence-electron chi connectivity index (χ3n) is 4.19. The fourth-order valence-electron chi connectivity index (χ4n) is 2.99. The number of pyridine rings is 1. The second-order valence-electron chi connectivity index (χ2n) is 5.63. The van der Waals surface area contributed by atoms with Crippen LogP contribution >= 0.6 is 11.6 Å². The first kappa shape index (κ1) is 16.2. The Bertz CT molecular complexity index is 506. The molecule has 5 heteroatoms. The normalized spacial score (nSPS) is 19.0. The van der Waals surface area contributed by atoms with Crippen molar-refractivity contribution in [2.45, 2.75) is 39.2 Å². The van der Waals surface area contributed by atoms with Crippen LogP contribution in [0.2, 0.25) is 5.15 Å².